The average molecular weight is 353 g/mol. The number of methoxy groups -OCH3 is 2. The highest BCUT2D eigenvalue weighted by Crippen LogP contribution is 2.21. The van der Waals surface area contributed by atoms with Crippen LogP contribution in [0.4, 0.5) is 0 Å². The molecule has 1 aromatic carbocycles. The predicted octanol–water partition coefficient (Wildman–Crippen LogP) is -0.721. The fourth-order valence-corrected chi connectivity index (χ4v) is 2.51. The number of carbonyl (C=O) groups is 1. The maximum Gasteiger partial charge on any atom is 0.244 e. The fraction of sp³-hybridized carbons (Fsp3) is 0.471. The van der Waals surface area contributed by atoms with E-state index in [2.05, 4.69) is 5.32 Å². The SMILES string of the molecule is COc1ccccc1/C=C/C(=O)NC[C@H]1O[C@H](OC)[C@@H](O)[C@@H](O)[C@@H]1O. The molecular weight excluding hydrogens is 330 g/mol. The highest BCUT2D eigenvalue weighted by atomic mass is 16.7. The molecule has 0 unspecified atom stereocenters. The number of carbonyl (C=O) groups excluding carboxylic acids is 1. The molecule has 0 spiro atoms. The Morgan fingerprint density at radius 2 is 1.92 bits per heavy atom. The van der Waals surface area contributed by atoms with Crippen LogP contribution in [-0.2, 0) is 14.3 Å². The van der Waals surface area contributed by atoms with Crippen molar-refractivity contribution in [3.63, 3.8) is 0 Å². The van der Waals surface area contributed by atoms with E-state index in [0.717, 1.165) is 5.56 Å². The lowest BCUT2D eigenvalue weighted by atomic mass is 9.99. The van der Waals surface area contributed by atoms with Gasteiger partial charge in [0, 0.05) is 25.3 Å². The van der Waals surface area contributed by atoms with Gasteiger partial charge in [-0.2, -0.15) is 0 Å². The second kappa shape index (κ2) is 8.93. The Bertz CT molecular complexity index is 604. The smallest absolute Gasteiger partial charge is 0.244 e. The molecule has 2 rings (SSSR count). The Morgan fingerprint density at radius 3 is 2.60 bits per heavy atom. The number of amides is 1. The first kappa shape index (κ1) is 19.4. The molecule has 5 atom stereocenters. The van der Waals surface area contributed by atoms with Crippen LogP contribution in [0.3, 0.4) is 0 Å². The van der Waals surface area contributed by atoms with E-state index in [1.807, 2.05) is 12.1 Å². The van der Waals surface area contributed by atoms with Crippen LogP contribution in [0.15, 0.2) is 30.3 Å². The zero-order valence-corrected chi connectivity index (χ0v) is 14.0. The highest BCUT2D eigenvalue weighted by molar-refractivity contribution is 5.92. The molecule has 0 bridgehead atoms. The van der Waals surface area contributed by atoms with E-state index in [4.69, 9.17) is 14.2 Å². The summed E-state index contributed by atoms with van der Waals surface area (Å²) in [4.78, 5) is 11.9. The fourth-order valence-electron chi connectivity index (χ4n) is 2.51. The molecule has 138 valence electrons. The maximum atomic E-state index is 11.9. The van der Waals surface area contributed by atoms with Crippen molar-refractivity contribution in [3.8, 4) is 5.75 Å². The summed E-state index contributed by atoms with van der Waals surface area (Å²) in [6, 6.07) is 7.23. The number of hydrogen-bond donors (Lipinski definition) is 4. The monoisotopic (exact) mass is 353 g/mol. The van der Waals surface area contributed by atoms with E-state index in [1.54, 1.807) is 25.3 Å². The summed E-state index contributed by atoms with van der Waals surface area (Å²) in [6.07, 6.45) is -3.20. The van der Waals surface area contributed by atoms with E-state index in [9.17, 15) is 20.1 Å². The standard InChI is InChI=1S/C17H23NO7/c1-23-11-6-4-3-5-10(11)7-8-13(19)18-9-12-14(20)15(21)16(22)17(24-2)25-12/h3-8,12,14-17,20-22H,9H2,1-2H3,(H,18,19)/b8-7+/t12-,14-,15+,16+,17+/m1/s1. The van der Waals surface area contributed by atoms with Crippen LogP contribution < -0.4 is 10.1 Å². The van der Waals surface area contributed by atoms with E-state index in [1.165, 1.54) is 13.2 Å². The van der Waals surface area contributed by atoms with Crippen molar-refractivity contribution in [2.45, 2.75) is 30.7 Å². The average Bonchev–Trinajstić information content (AvgIpc) is 2.64. The molecule has 1 aliphatic heterocycles. The van der Waals surface area contributed by atoms with Crippen molar-refractivity contribution in [2.24, 2.45) is 0 Å². The lowest BCUT2D eigenvalue weighted by Gasteiger charge is -2.39. The van der Waals surface area contributed by atoms with Crippen LogP contribution in [0.1, 0.15) is 5.56 Å². The van der Waals surface area contributed by atoms with Crippen LogP contribution in [0, 0.1) is 0 Å². The molecule has 1 heterocycles. The van der Waals surface area contributed by atoms with Crippen molar-refractivity contribution in [1.82, 2.24) is 5.32 Å². The third-order valence-corrected chi connectivity index (χ3v) is 3.93. The number of para-hydroxylation sites is 1. The van der Waals surface area contributed by atoms with Crippen LogP contribution in [0.5, 0.6) is 5.75 Å². The molecule has 0 aliphatic carbocycles. The maximum absolute atomic E-state index is 11.9. The molecule has 1 aliphatic rings. The molecule has 8 nitrogen and oxygen atoms in total. The largest absolute Gasteiger partial charge is 0.496 e. The number of hydrogen-bond acceptors (Lipinski definition) is 7. The topological polar surface area (TPSA) is 117 Å². The second-order valence-electron chi connectivity index (χ2n) is 5.57. The lowest BCUT2D eigenvalue weighted by Crippen LogP contribution is -2.60. The molecular formula is C17H23NO7. The van der Waals surface area contributed by atoms with Gasteiger partial charge in [0.15, 0.2) is 6.29 Å². The highest BCUT2D eigenvalue weighted by Gasteiger charge is 2.43. The molecule has 1 aromatic rings. The summed E-state index contributed by atoms with van der Waals surface area (Å²) in [7, 11) is 2.85. The first-order valence-corrected chi connectivity index (χ1v) is 7.79. The Balaban J connectivity index is 1.92. The summed E-state index contributed by atoms with van der Waals surface area (Å²) in [5.41, 5.74) is 0.743. The summed E-state index contributed by atoms with van der Waals surface area (Å²) >= 11 is 0. The molecule has 1 amide bonds. The molecule has 25 heavy (non-hydrogen) atoms. The van der Waals surface area contributed by atoms with Gasteiger partial charge in [0.1, 0.15) is 30.2 Å². The van der Waals surface area contributed by atoms with Crippen molar-refractivity contribution in [2.75, 3.05) is 20.8 Å². The minimum atomic E-state index is -1.43. The molecule has 4 N–H and O–H groups in total. The quantitative estimate of drug-likeness (QED) is 0.499. The zero-order valence-electron chi connectivity index (χ0n) is 14.0. The summed E-state index contributed by atoms with van der Waals surface area (Å²) in [6.45, 7) is -0.0557. The predicted molar refractivity (Wildman–Crippen MR) is 88.7 cm³/mol. The molecule has 1 saturated heterocycles. The zero-order chi connectivity index (χ0) is 18.4. The number of ether oxygens (including phenoxy) is 3. The van der Waals surface area contributed by atoms with Gasteiger partial charge in [0.2, 0.25) is 5.91 Å². The normalized spacial score (nSPS) is 29.6. The van der Waals surface area contributed by atoms with Gasteiger partial charge in [-0.15, -0.1) is 0 Å². The Labute approximate surface area is 145 Å². The van der Waals surface area contributed by atoms with Crippen LogP contribution in [-0.4, -0.2) is 72.7 Å². The van der Waals surface area contributed by atoms with Gasteiger partial charge in [0.25, 0.3) is 0 Å². The van der Waals surface area contributed by atoms with Gasteiger partial charge in [-0.1, -0.05) is 18.2 Å². The summed E-state index contributed by atoms with van der Waals surface area (Å²) in [5, 5.41) is 32.0. The lowest BCUT2D eigenvalue weighted by molar-refractivity contribution is -0.288. The number of aliphatic hydroxyl groups is 3. The first-order chi connectivity index (χ1) is 12.0. The molecule has 0 radical (unpaired) electrons. The Morgan fingerprint density at radius 1 is 1.20 bits per heavy atom. The number of benzene rings is 1. The van der Waals surface area contributed by atoms with Gasteiger partial charge in [-0.3, -0.25) is 4.79 Å². The molecule has 1 fully saturated rings. The molecule has 0 aromatic heterocycles. The number of aliphatic hydroxyl groups excluding tert-OH is 3. The number of nitrogens with one attached hydrogen (secondary N) is 1. The van der Waals surface area contributed by atoms with Crippen molar-refractivity contribution < 1.29 is 34.3 Å². The van der Waals surface area contributed by atoms with Gasteiger partial charge in [-0.25, -0.2) is 0 Å². The summed E-state index contributed by atoms with van der Waals surface area (Å²) < 4.78 is 15.4. The number of rotatable bonds is 6. The van der Waals surface area contributed by atoms with E-state index in [0.29, 0.717) is 5.75 Å². The van der Waals surface area contributed by atoms with Crippen molar-refractivity contribution >= 4 is 12.0 Å². The third kappa shape index (κ3) is 4.77. The van der Waals surface area contributed by atoms with Gasteiger partial charge < -0.3 is 34.8 Å². The van der Waals surface area contributed by atoms with Crippen molar-refractivity contribution in [1.29, 1.82) is 0 Å². The summed E-state index contributed by atoms with van der Waals surface area (Å²) in [5.74, 6) is 0.230. The molecule has 0 saturated carbocycles. The van der Waals surface area contributed by atoms with Crippen LogP contribution in [0.25, 0.3) is 6.08 Å². The van der Waals surface area contributed by atoms with Gasteiger partial charge in [0.05, 0.1) is 7.11 Å². The van der Waals surface area contributed by atoms with Crippen LogP contribution in [0.2, 0.25) is 0 Å². The second-order valence-corrected chi connectivity index (χ2v) is 5.57. The minimum absolute atomic E-state index is 0.0557. The Kier molecular flexibility index (Phi) is 6.91. The van der Waals surface area contributed by atoms with E-state index in [-0.39, 0.29) is 6.54 Å². The minimum Gasteiger partial charge on any atom is -0.496 e. The van der Waals surface area contributed by atoms with E-state index < -0.39 is 36.6 Å². The van der Waals surface area contributed by atoms with Crippen molar-refractivity contribution in [3.05, 3.63) is 35.9 Å². The molecule has 8 heteroatoms. The first-order valence-electron chi connectivity index (χ1n) is 7.79. The Hall–Kier alpha value is -1.97. The van der Waals surface area contributed by atoms with Crippen LogP contribution >= 0.6 is 0 Å². The van der Waals surface area contributed by atoms with Gasteiger partial charge >= 0.3 is 0 Å². The van der Waals surface area contributed by atoms with E-state index >= 15 is 0 Å². The van der Waals surface area contributed by atoms with Gasteiger partial charge in [-0.05, 0) is 12.1 Å². The third-order valence-electron chi connectivity index (χ3n) is 3.93.